The Balaban J connectivity index is 1.50. The van der Waals surface area contributed by atoms with E-state index in [0.29, 0.717) is 5.95 Å². The number of nitrogens with zero attached hydrogens (tertiary/aromatic N) is 4. The zero-order chi connectivity index (χ0) is 19.7. The Hall–Kier alpha value is -3.00. The molecule has 1 saturated heterocycles. The third-order valence-corrected chi connectivity index (χ3v) is 4.69. The van der Waals surface area contributed by atoms with Crippen LogP contribution >= 0.6 is 0 Å². The van der Waals surface area contributed by atoms with Crippen LogP contribution in [0.1, 0.15) is 12.5 Å². The van der Waals surface area contributed by atoms with Gasteiger partial charge in [0.05, 0.1) is 11.8 Å². The van der Waals surface area contributed by atoms with Gasteiger partial charge in [-0.3, -0.25) is 0 Å². The lowest BCUT2D eigenvalue weighted by Gasteiger charge is -2.40. The van der Waals surface area contributed by atoms with E-state index >= 15 is 0 Å². The number of aryl methyl sites for hydroxylation is 1. The second-order valence-electron chi connectivity index (χ2n) is 6.75. The van der Waals surface area contributed by atoms with Crippen LogP contribution < -0.4 is 10.2 Å². The molecule has 0 amide bonds. The van der Waals surface area contributed by atoms with Crippen molar-refractivity contribution in [3.63, 3.8) is 0 Å². The molecule has 1 aromatic heterocycles. The van der Waals surface area contributed by atoms with Crippen LogP contribution in [0.25, 0.3) is 5.69 Å². The van der Waals surface area contributed by atoms with Crippen LogP contribution in [0.3, 0.4) is 0 Å². The molecule has 2 aromatic carbocycles. The minimum Gasteiger partial charge on any atom is -0.375 e. The summed E-state index contributed by atoms with van der Waals surface area (Å²) in [5.74, 6) is -0.979. The van der Waals surface area contributed by atoms with E-state index in [1.165, 1.54) is 23.1 Å². The summed E-state index contributed by atoms with van der Waals surface area (Å²) in [5, 5.41) is 7.45. The zero-order valence-corrected chi connectivity index (χ0v) is 15.7. The van der Waals surface area contributed by atoms with Gasteiger partial charge in [-0.15, -0.1) is 5.10 Å². The van der Waals surface area contributed by atoms with E-state index in [0.717, 1.165) is 42.7 Å². The third kappa shape index (κ3) is 3.82. The van der Waals surface area contributed by atoms with Gasteiger partial charge in [-0.1, -0.05) is 6.07 Å². The Bertz CT molecular complexity index is 964. The van der Waals surface area contributed by atoms with Gasteiger partial charge in [0, 0.05) is 37.1 Å². The van der Waals surface area contributed by atoms with Gasteiger partial charge in [0.1, 0.15) is 18.0 Å². The van der Waals surface area contributed by atoms with Gasteiger partial charge in [0.25, 0.3) is 0 Å². The standard InChI is InChI=1S/C20H21F2N5O/c1-3-28-18-10-26(11-18)16-5-4-13(2)19(9-16)24-20-23-12-27(25-20)17-7-14(21)6-15(22)8-17/h4-9,12,18H,3,10-11H2,1-2H3,(H,24,25). The van der Waals surface area contributed by atoms with Gasteiger partial charge in [-0.25, -0.2) is 13.5 Å². The molecule has 0 saturated carbocycles. The summed E-state index contributed by atoms with van der Waals surface area (Å²) in [6.07, 6.45) is 1.70. The van der Waals surface area contributed by atoms with Gasteiger partial charge in [0.15, 0.2) is 0 Å². The molecule has 2 heterocycles. The number of hydrogen-bond acceptors (Lipinski definition) is 5. The molecule has 1 fully saturated rings. The third-order valence-electron chi connectivity index (χ3n) is 4.69. The summed E-state index contributed by atoms with van der Waals surface area (Å²) in [7, 11) is 0. The van der Waals surface area contributed by atoms with Gasteiger partial charge in [-0.2, -0.15) is 4.98 Å². The Kier molecular flexibility index (Phi) is 4.95. The van der Waals surface area contributed by atoms with Crippen molar-refractivity contribution in [2.75, 3.05) is 29.9 Å². The molecule has 1 aliphatic rings. The molecule has 28 heavy (non-hydrogen) atoms. The number of ether oxygens (including phenoxy) is 1. The summed E-state index contributed by atoms with van der Waals surface area (Å²) in [5.41, 5.74) is 3.28. The number of aromatic nitrogens is 3. The molecule has 0 bridgehead atoms. The fourth-order valence-corrected chi connectivity index (χ4v) is 3.17. The van der Waals surface area contributed by atoms with Crippen LogP contribution in [-0.4, -0.2) is 40.6 Å². The van der Waals surface area contributed by atoms with E-state index in [9.17, 15) is 8.78 Å². The number of anilines is 3. The molecule has 1 aliphatic heterocycles. The fraction of sp³-hybridized carbons (Fsp3) is 0.300. The first-order valence-electron chi connectivity index (χ1n) is 9.14. The second-order valence-corrected chi connectivity index (χ2v) is 6.75. The summed E-state index contributed by atoms with van der Waals surface area (Å²) in [4.78, 5) is 6.44. The van der Waals surface area contributed by atoms with E-state index in [2.05, 4.69) is 26.4 Å². The SMILES string of the molecule is CCOC1CN(c2ccc(C)c(Nc3ncn(-c4cc(F)cc(F)c4)n3)c2)C1. The van der Waals surface area contributed by atoms with Crippen molar-refractivity contribution >= 4 is 17.3 Å². The van der Waals surface area contributed by atoms with E-state index < -0.39 is 11.6 Å². The highest BCUT2D eigenvalue weighted by atomic mass is 19.1. The van der Waals surface area contributed by atoms with Crippen LogP contribution in [0, 0.1) is 18.6 Å². The summed E-state index contributed by atoms with van der Waals surface area (Å²) >= 11 is 0. The normalized spacial score (nSPS) is 14.2. The smallest absolute Gasteiger partial charge is 0.246 e. The van der Waals surface area contributed by atoms with Crippen molar-refractivity contribution < 1.29 is 13.5 Å². The van der Waals surface area contributed by atoms with E-state index in [4.69, 9.17) is 4.74 Å². The Morgan fingerprint density at radius 3 is 2.57 bits per heavy atom. The van der Waals surface area contributed by atoms with Crippen molar-refractivity contribution in [1.29, 1.82) is 0 Å². The van der Waals surface area contributed by atoms with Gasteiger partial charge in [0.2, 0.25) is 5.95 Å². The topological polar surface area (TPSA) is 55.2 Å². The Morgan fingerprint density at radius 1 is 1.11 bits per heavy atom. The molecule has 8 heteroatoms. The Morgan fingerprint density at radius 2 is 1.86 bits per heavy atom. The predicted octanol–water partition coefficient (Wildman–Crippen LogP) is 3.82. The lowest BCUT2D eigenvalue weighted by molar-refractivity contribution is 0.0431. The van der Waals surface area contributed by atoms with E-state index in [-0.39, 0.29) is 11.8 Å². The molecule has 0 aliphatic carbocycles. The summed E-state index contributed by atoms with van der Waals surface area (Å²) in [6, 6.07) is 9.37. The average Bonchev–Trinajstić information content (AvgIpc) is 3.08. The zero-order valence-electron chi connectivity index (χ0n) is 15.7. The first kappa shape index (κ1) is 18.4. The van der Waals surface area contributed by atoms with Crippen molar-refractivity contribution in [3.05, 3.63) is 59.9 Å². The van der Waals surface area contributed by atoms with E-state index in [1.807, 2.05) is 26.0 Å². The molecule has 6 nitrogen and oxygen atoms in total. The molecular formula is C20H21F2N5O. The lowest BCUT2D eigenvalue weighted by atomic mass is 10.1. The fourth-order valence-electron chi connectivity index (χ4n) is 3.17. The highest BCUT2D eigenvalue weighted by Gasteiger charge is 2.27. The molecule has 0 atom stereocenters. The quantitative estimate of drug-likeness (QED) is 0.699. The van der Waals surface area contributed by atoms with Crippen LogP contribution in [0.2, 0.25) is 0 Å². The number of hydrogen-bond donors (Lipinski definition) is 1. The van der Waals surface area contributed by atoms with Crippen LogP contribution in [0.15, 0.2) is 42.7 Å². The number of halogens is 2. The average molecular weight is 385 g/mol. The van der Waals surface area contributed by atoms with Gasteiger partial charge >= 0.3 is 0 Å². The maximum Gasteiger partial charge on any atom is 0.246 e. The first-order valence-corrected chi connectivity index (χ1v) is 9.14. The first-order chi connectivity index (χ1) is 13.5. The predicted molar refractivity (Wildman–Crippen MR) is 103 cm³/mol. The number of benzene rings is 2. The minimum absolute atomic E-state index is 0.270. The van der Waals surface area contributed by atoms with Gasteiger partial charge < -0.3 is 15.0 Å². The molecule has 0 unspecified atom stereocenters. The van der Waals surface area contributed by atoms with Gasteiger partial charge in [-0.05, 0) is 43.7 Å². The van der Waals surface area contributed by atoms with E-state index in [1.54, 1.807) is 0 Å². The van der Waals surface area contributed by atoms with Crippen LogP contribution in [0.5, 0.6) is 0 Å². The highest BCUT2D eigenvalue weighted by Crippen LogP contribution is 2.29. The van der Waals surface area contributed by atoms with Crippen LogP contribution in [-0.2, 0) is 4.74 Å². The molecule has 4 rings (SSSR count). The maximum atomic E-state index is 13.4. The molecule has 0 spiro atoms. The molecular weight excluding hydrogens is 364 g/mol. The van der Waals surface area contributed by atoms with Crippen LogP contribution in [0.4, 0.5) is 26.1 Å². The lowest BCUT2D eigenvalue weighted by Crippen LogP contribution is -2.52. The molecule has 146 valence electrons. The van der Waals surface area contributed by atoms with Crippen molar-refractivity contribution in [2.24, 2.45) is 0 Å². The molecule has 3 aromatic rings. The highest BCUT2D eigenvalue weighted by molar-refractivity contribution is 5.66. The Labute approximate surface area is 161 Å². The largest absolute Gasteiger partial charge is 0.375 e. The second kappa shape index (κ2) is 7.55. The number of rotatable bonds is 6. The maximum absolute atomic E-state index is 13.4. The number of nitrogens with one attached hydrogen (secondary N) is 1. The minimum atomic E-state index is -0.663. The molecule has 1 N–H and O–H groups in total. The monoisotopic (exact) mass is 385 g/mol. The van der Waals surface area contributed by atoms with Crippen molar-refractivity contribution in [3.8, 4) is 5.69 Å². The summed E-state index contributed by atoms with van der Waals surface area (Å²) in [6.45, 7) is 6.45. The molecule has 0 radical (unpaired) electrons. The summed E-state index contributed by atoms with van der Waals surface area (Å²) < 4.78 is 33.8. The van der Waals surface area contributed by atoms with Crippen molar-refractivity contribution in [2.45, 2.75) is 20.0 Å². The van der Waals surface area contributed by atoms with Crippen molar-refractivity contribution in [1.82, 2.24) is 14.8 Å².